The molecule has 2 heterocycles. The molecule has 0 spiro atoms. The van der Waals surface area contributed by atoms with Crippen molar-refractivity contribution in [1.82, 2.24) is 13.9 Å². The number of halogens is 1. The molecule has 0 aromatic heterocycles. The number of amides is 2. The number of fused-ring (bicyclic) bond motifs is 1. The minimum atomic E-state index is -3.73. The van der Waals surface area contributed by atoms with E-state index < -0.39 is 27.6 Å². The Balaban J connectivity index is 1.56. The quantitative estimate of drug-likeness (QED) is 0.758. The van der Waals surface area contributed by atoms with Gasteiger partial charge in [-0.25, -0.2) is 4.72 Å². The molecule has 1 aromatic carbocycles. The highest BCUT2D eigenvalue weighted by Crippen LogP contribution is 2.50. The van der Waals surface area contributed by atoms with E-state index in [1.807, 2.05) is 29.0 Å². The van der Waals surface area contributed by atoms with E-state index in [1.165, 1.54) is 0 Å². The Bertz CT molecular complexity index is 820. The second-order valence-electron chi connectivity index (χ2n) is 6.44. The Morgan fingerprint density at radius 2 is 1.88 bits per heavy atom. The lowest BCUT2D eigenvalue weighted by atomic mass is 9.94. The van der Waals surface area contributed by atoms with Crippen molar-refractivity contribution in [2.45, 2.75) is 24.3 Å². The monoisotopic (exact) mass is 413 g/mol. The van der Waals surface area contributed by atoms with Crippen molar-refractivity contribution in [1.29, 1.82) is 0 Å². The molecule has 0 bridgehead atoms. The highest BCUT2D eigenvalue weighted by Gasteiger charge is 2.55. The minimum absolute atomic E-state index is 0.0124. The van der Waals surface area contributed by atoms with Gasteiger partial charge in [0.2, 0.25) is 5.91 Å². The summed E-state index contributed by atoms with van der Waals surface area (Å²) in [7, 11) is -3.73. The van der Waals surface area contributed by atoms with E-state index in [-0.39, 0.29) is 19.0 Å². The van der Waals surface area contributed by atoms with Gasteiger partial charge < -0.3 is 4.90 Å². The molecule has 4 rings (SSSR count). The number of carbonyl (C=O) groups is 2. The standard InChI is InChI=1S/C15H16BrN3O4S/c16-11-3-1-10(2-4-11)15(5-6-15)14(21)18-7-8-19-12(9-18)13(20)17-24(19,22)23/h1-4,12H,5-9H2,(H,17,20). The number of nitrogens with one attached hydrogen (secondary N) is 1. The second-order valence-corrected chi connectivity index (χ2v) is 8.98. The summed E-state index contributed by atoms with van der Waals surface area (Å²) in [5, 5.41) is 0. The number of nitrogens with zero attached hydrogens (tertiary/aromatic N) is 2. The molecule has 9 heteroatoms. The third kappa shape index (κ3) is 2.37. The maximum Gasteiger partial charge on any atom is 0.304 e. The van der Waals surface area contributed by atoms with Crippen LogP contribution in [0.4, 0.5) is 0 Å². The Hall–Kier alpha value is -1.45. The molecule has 1 aromatic rings. The zero-order valence-corrected chi connectivity index (χ0v) is 15.1. The van der Waals surface area contributed by atoms with E-state index in [0.717, 1.165) is 27.2 Å². The molecule has 2 saturated heterocycles. The Morgan fingerprint density at radius 1 is 1.21 bits per heavy atom. The molecular weight excluding hydrogens is 398 g/mol. The van der Waals surface area contributed by atoms with Crippen LogP contribution in [0.25, 0.3) is 0 Å². The maximum atomic E-state index is 13.0. The molecule has 1 unspecified atom stereocenters. The first kappa shape index (κ1) is 16.0. The van der Waals surface area contributed by atoms with Crippen LogP contribution in [0.1, 0.15) is 18.4 Å². The third-order valence-electron chi connectivity index (χ3n) is 5.02. The van der Waals surface area contributed by atoms with Gasteiger partial charge in [-0.15, -0.1) is 0 Å². The first-order chi connectivity index (χ1) is 11.3. The van der Waals surface area contributed by atoms with Crippen molar-refractivity contribution in [3.05, 3.63) is 34.3 Å². The van der Waals surface area contributed by atoms with Crippen LogP contribution in [0.5, 0.6) is 0 Å². The topological polar surface area (TPSA) is 86.8 Å². The average molecular weight is 414 g/mol. The maximum absolute atomic E-state index is 13.0. The lowest BCUT2D eigenvalue weighted by molar-refractivity contribution is -0.137. The van der Waals surface area contributed by atoms with Gasteiger partial charge in [0.25, 0.3) is 5.91 Å². The normalized spacial score (nSPS) is 27.5. The second kappa shape index (κ2) is 5.27. The lowest BCUT2D eigenvalue weighted by Crippen LogP contribution is -2.56. The number of carbonyl (C=O) groups excluding carboxylic acids is 2. The van der Waals surface area contributed by atoms with Crippen LogP contribution >= 0.6 is 15.9 Å². The molecular formula is C15H16BrN3O4S. The van der Waals surface area contributed by atoms with Gasteiger partial charge in [0.1, 0.15) is 6.04 Å². The van der Waals surface area contributed by atoms with Crippen LogP contribution in [0.15, 0.2) is 28.7 Å². The zero-order chi connectivity index (χ0) is 17.1. The number of hydrogen-bond acceptors (Lipinski definition) is 4. The van der Waals surface area contributed by atoms with E-state index in [2.05, 4.69) is 15.9 Å². The van der Waals surface area contributed by atoms with Crippen molar-refractivity contribution >= 4 is 38.0 Å². The molecule has 3 aliphatic rings. The molecule has 2 aliphatic heterocycles. The fourth-order valence-corrected chi connectivity index (χ4v) is 5.12. The van der Waals surface area contributed by atoms with E-state index in [4.69, 9.17) is 0 Å². The lowest BCUT2D eigenvalue weighted by Gasteiger charge is -2.36. The van der Waals surface area contributed by atoms with E-state index in [0.29, 0.717) is 6.54 Å². The molecule has 7 nitrogen and oxygen atoms in total. The summed E-state index contributed by atoms with van der Waals surface area (Å²) in [6, 6.07) is 6.90. The molecule has 1 atom stereocenters. The van der Waals surface area contributed by atoms with Gasteiger partial charge in [-0.05, 0) is 30.5 Å². The van der Waals surface area contributed by atoms with Gasteiger partial charge in [-0.2, -0.15) is 12.7 Å². The first-order valence-corrected chi connectivity index (χ1v) is 9.96. The summed E-state index contributed by atoms with van der Waals surface area (Å²) in [4.78, 5) is 26.6. The molecule has 128 valence electrons. The van der Waals surface area contributed by atoms with Crippen molar-refractivity contribution in [2.24, 2.45) is 0 Å². The molecule has 1 saturated carbocycles. The highest BCUT2D eigenvalue weighted by molar-refractivity contribution is 9.10. The van der Waals surface area contributed by atoms with Crippen LogP contribution in [-0.4, -0.2) is 55.1 Å². The van der Waals surface area contributed by atoms with Gasteiger partial charge in [0.05, 0.1) is 5.41 Å². The van der Waals surface area contributed by atoms with Gasteiger partial charge >= 0.3 is 10.2 Å². The predicted octanol–water partition coefficient (Wildman–Crippen LogP) is 0.368. The van der Waals surface area contributed by atoms with Crippen LogP contribution < -0.4 is 4.72 Å². The summed E-state index contributed by atoms with van der Waals surface area (Å²) in [6.45, 7) is 0.567. The van der Waals surface area contributed by atoms with Gasteiger partial charge in [-0.1, -0.05) is 28.1 Å². The summed E-state index contributed by atoms with van der Waals surface area (Å²) in [5.41, 5.74) is 0.457. The fourth-order valence-electron chi connectivity index (χ4n) is 3.53. The van der Waals surface area contributed by atoms with Crippen LogP contribution in [-0.2, 0) is 25.2 Å². The Kier molecular flexibility index (Phi) is 3.52. The molecule has 24 heavy (non-hydrogen) atoms. The Labute approximate surface area is 148 Å². The number of benzene rings is 1. The van der Waals surface area contributed by atoms with Crippen molar-refractivity contribution in [2.75, 3.05) is 19.6 Å². The molecule has 2 amide bonds. The first-order valence-electron chi connectivity index (χ1n) is 7.72. The number of rotatable bonds is 2. The van der Waals surface area contributed by atoms with Crippen LogP contribution in [0, 0.1) is 0 Å². The van der Waals surface area contributed by atoms with Gasteiger partial charge in [-0.3, -0.25) is 9.59 Å². The summed E-state index contributed by atoms with van der Waals surface area (Å²) in [6.07, 6.45) is 1.56. The molecule has 1 aliphatic carbocycles. The third-order valence-corrected chi connectivity index (χ3v) is 7.06. The SMILES string of the molecule is O=C1NS(=O)(=O)N2CCN(C(=O)C3(c4ccc(Br)cc4)CC3)CC12. The number of piperazine rings is 1. The van der Waals surface area contributed by atoms with Crippen molar-refractivity contribution in [3.63, 3.8) is 0 Å². The van der Waals surface area contributed by atoms with Crippen LogP contribution in [0.3, 0.4) is 0 Å². The highest BCUT2D eigenvalue weighted by atomic mass is 79.9. The Morgan fingerprint density at radius 3 is 2.50 bits per heavy atom. The van der Waals surface area contributed by atoms with E-state index in [1.54, 1.807) is 4.90 Å². The largest absolute Gasteiger partial charge is 0.338 e. The van der Waals surface area contributed by atoms with Gasteiger partial charge in [0.15, 0.2) is 0 Å². The minimum Gasteiger partial charge on any atom is -0.338 e. The van der Waals surface area contributed by atoms with E-state index >= 15 is 0 Å². The van der Waals surface area contributed by atoms with Crippen molar-refractivity contribution < 1.29 is 18.0 Å². The molecule has 0 radical (unpaired) electrons. The predicted molar refractivity (Wildman–Crippen MR) is 89.2 cm³/mol. The van der Waals surface area contributed by atoms with Crippen LogP contribution in [0.2, 0.25) is 0 Å². The zero-order valence-electron chi connectivity index (χ0n) is 12.7. The summed E-state index contributed by atoms with van der Waals surface area (Å²) in [5.74, 6) is -0.567. The molecule has 3 fully saturated rings. The number of hydrogen-bond donors (Lipinski definition) is 1. The average Bonchev–Trinajstić information content (AvgIpc) is 3.31. The van der Waals surface area contributed by atoms with Gasteiger partial charge in [0, 0.05) is 24.1 Å². The smallest absolute Gasteiger partial charge is 0.304 e. The van der Waals surface area contributed by atoms with Crippen molar-refractivity contribution in [3.8, 4) is 0 Å². The summed E-state index contributed by atoms with van der Waals surface area (Å²) >= 11 is 3.39. The summed E-state index contributed by atoms with van der Waals surface area (Å²) < 4.78 is 27.8. The fraction of sp³-hybridized carbons (Fsp3) is 0.467. The van der Waals surface area contributed by atoms with E-state index in [9.17, 15) is 18.0 Å². The molecule has 1 N–H and O–H groups in total.